The third-order valence-electron chi connectivity index (χ3n) is 1.86. The zero-order valence-corrected chi connectivity index (χ0v) is 6.56. The number of aliphatic hydroxyl groups excluding tert-OH is 2. The van der Waals surface area contributed by atoms with Gasteiger partial charge in [0.2, 0.25) is 0 Å². The molecule has 1 fully saturated rings. The van der Waals surface area contributed by atoms with Gasteiger partial charge in [0.25, 0.3) is 0 Å². The number of ether oxygens (including phenoxy) is 2. The number of hydrogen-bond acceptors (Lipinski definition) is 4. The predicted molar refractivity (Wildman–Crippen MR) is 38.0 cm³/mol. The van der Waals surface area contributed by atoms with E-state index in [0.717, 1.165) is 0 Å². The SMILES string of the molecule is COC1OC(CO)CCC1O. The molecule has 66 valence electrons. The van der Waals surface area contributed by atoms with Crippen molar-refractivity contribution in [1.82, 2.24) is 0 Å². The Kier molecular flexibility index (Phi) is 3.26. The summed E-state index contributed by atoms with van der Waals surface area (Å²) in [6.45, 7) is -0.00736. The van der Waals surface area contributed by atoms with Crippen LogP contribution in [0.3, 0.4) is 0 Å². The van der Waals surface area contributed by atoms with Gasteiger partial charge < -0.3 is 19.7 Å². The molecule has 11 heavy (non-hydrogen) atoms. The Hall–Kier alpha value is -0.160. The number of methoxy groups -OCH3 is 1. The topological polar surface area (TPSA) is 58.9 Å². The second-order valence-corrected chi connectivity index (χ2v) is 2.69. The van der Waals surface area contributed by atoms with E-state index in [1.807, 2.05) is 0 Å². The molecule has 0 bridgehead atoms. The molecule has 4 nitrogen and oxygen atoms in total. The highest BCUT2D eigenvalue weighted by Crippen LogP contribution is 2.19. The van der Waals surface area contributed by atoms with Gasteiger partial charge >= 0.3 is 0 Å². The van der Waals surface area contributed by atoms with Crippen molar-refractivity contribution < 1.29 is 19.7 Å². The third-order valence-corrected chi connectivity index (χ3v) is 1.86. The monoisotopic (exact) mass is 162 g/mol. The zero-order valence-electron chi connectivity index (χ0n) is 6.56. The van der Waals surface area contributed by atoms with Crippen molar-refractivity contribution in [2.24, 2.45) is 0 Å². The molecule has 1 aliphatic heterocycles. The van der Waals surface area contributed by atoms with Crippen LogP contribution < -0.4 is 0 Å². The van der Waals surface area contributed by atoms with Gasteiger partial charge in [-0.3, -0.25) is 0 Å². The first kappa shape index (κ1) is 8.93. The van der Waals surface area contributed by atoms with Gasteiger partial charge in [0, 0.05) is 7.11 Å². The Morgan fingerprint density at radius 3 is 2.82 bits per heavy atom. The molecule has 4 heteroatoms. The van der Waals surface area contributed by atoms with E-state index >= 15 is 0 Å². The number of hydrogen-bond donors (Lipinski definition) is 2. The molecule has 0 aromatic carbocycles. The van der Waals surface area contributed by atoms with Crippen LogP contribution in [0, 0.1) is 0 Å². The fourth-order valence-corrected chi connectivity index (χ4v) is 1.19. The van der Waals surface area contributed by atoms with Crippen LogP contribution in [-0.2, 0) is 9.47 Å². The normalized spacial score (nSPS) is 39.0. The van der Waals surface area contributed by atoms with E-state index < -0.39 is 12.4 Å². The standard InChI is InChI=1S/C7H14O4/c1-10-7-6(9)3-2-5(4-8)11-7/h5-9H,2-4H2,1H3. The molecule has 0 aromatic rings. The average molecular weight is 162 g/mol. The lowest BCUT2D eigenvalue weighted by molar-refractivity contribution is -0.234. The van der Waals surface area contributed by atoms with Crippen LogP contribution in [0.4, 0.5) is 0 Å². The molecular weight excluding hydrogens is 148 g/mol. The van der Waals surface area contributed by atoms with E-state index in [9.17, 15) is 5.11 Å². The van der Waals surface area contributed by atoms with Crippen molar-refractivity contribution >= 4 is 0 Å². The summed E-state index contributed by atoms with van der Waals surface area (Å²) >= 11 is 0. The largest absolute Gasteiger partial charge is 0.394 e. The van der Waals surface area contributed by atoms with Crippen LogP contribution in [0.25, 0.3) is 0 Å². The minimum absolute atomic E-state index is 0.00736. The first-order valence-electron chi connectivity index (χ1n) is 3.75. The molecule has 0 spiro atoms. The zero-order chi connectivity index (χ0) is 8.27. The summed E-state index contributed by atoms with van der Waals surface area (Å²) in [5.41, 5.74) is 0. The Balaban J connectivity index is 2.37. The van der Waals surface area contributed by atoms with Crippen LogP contribution in [-0.4, -0.2) is 42.4 Å². The summed E-state index contributed by atoms with van der Waals surface area (Å²) < 4.78 is 10.0. The third kappa shape index (κ3) is 2.13. The van der Waals surface area contributed by atoms with E-state index in [1.54, 1.807) is 0 Å². The lowest BCUT2D eigenvalue weighted by Crippen LogP contribution is -2.41. The molecule has 0 aromatic heterocycles. The highest BCUT2D eigenvalue weighted by Gasteiger charge is 2.28. The van der Waals surface area contributed by atoms with Crippen molar-refractivity contribution in [3.8, 4) is 0 Å². The molecule has 2 N–H and O–H groups in total. The minimum Gasteiger partial charge on any atom is -0.394 e. The Labute approximate surface area is 65.7 Å². The minimum atomic E-state index is -0.569. The predicted octanol–water partition coefficient (Wildman–Crippen LogP) is -0.509. The summed E-state index contributed by atoms with van der Waals surface area (Å²) in [4.78, 5) is 0. The summed E-state index contributed by atoms with van der Waals surface area (Å²) in [5.74, 6) is 0. The van der Waals surface area contributed by atoms with E-state index in [4.69, 9.17) is 14.6 Å². The molecule has 1 heterocycles. The molecule has 3 atom stereocenters. The van der Waals surface area contributed by atoms with Gasteiger partial charge in [0.1, 0.15) is 6.10 Å². The van der Waals surface area contributed by atoms with Gasteiger partial charge in [-0.1, -0.05) is 0 Å². The molecule has 3 unspecified atom stereocenters. The lowest BCUT2D eigenvalue weighted by Gasteiger charge is -2.31. The average Bonchev–Trinajstić information content (AvgIpc) is 2.05. The first-order chi connectivity index (χ1) is 5.27. The summed E-state index contributed by atoms with van der Waals surface area (Å²) in [7, 11) is 1.48. The summed E-state index contributed by atoms with van der Waals surface area (Å²) in [5, 5.41) is 18.0. The van der Waals surface area contributed by atoms with Gasteiger partial charge in [-0.2, -0.15) is 0 Å². The van der Waals surface area contributed by atoms with E-state index in [-0.39, 0.29) is 12.7 Å². The van der Waals surface area contributed by atoms with Crippen LogP contribution in [0.2, 0.25) is 0 Å². The molecule has 0 aliphatic carbocycles. The molecule has 0 radical (unpaired) electrons. The molecule has 0 saturated carbocycles. The number of aliphatic hydroxyl groups is 2. The molecular formula is C7H14O4. The van der Waals surface area contributed by atoms with Crippen LogP contribution >= 0.6 is 0 Å². The fraction of sp³-hybridized carbons (Fsp3) is 1.00. The van der Waals surface area contributed by atoms with Gasteiger partial charge in [-0.15, -0.1) is 0 Å². The van der Waals surface area contributed by atoms with E-state index in [1.165, 1.54) is 7.11 Å². The van der Waals surface area contributed by atoms with Crippen LogP contribution in [0.5, 0.6) is 0 Å². The summed E-state index contributed by atoms with van der Waals surface area (Å²) in [6.07, 6.45) is 0.0217. The highest BCUT2D eigenvalue weighted by atomic mass is 16.7. The van der Waals surface area contributed by atoms with Gasteiger partial charge in [0.15, 0.2) is 6.29 Å². The van der Waals surface area contributed by atoms with Crippen molar-refractivity contribution in [3.05, 3.63) is 0 Å². The quantitative estimate of drug-likeness (QED) is 0.574. The maximum absolute atomic E-state index is 9.25. The maximum Gasteiger partial charge on any atom is 0.183 e. The van der Waals surface area contributed by atoms with Crippen LogP contribution in [0.1, 0.15) is 12.8 Å². The van der Waals surface area contributed by atoms with Gasteiger partial charge in [-0.25, -0.2) is 0 Å². The second-order valence-electron chi connectivity index (χ2n) is 2.69. The van der Waals surface area contributed by atoms with Crippen molar-refractivity contribution in [1.29, 1.82) is 0 Å². The Morgan fingerprint density at radius 2 is 2.27 bits per heavy atom. The Bertz CT molecular complexity index is 117. The van der Waals surface area contributed by atoms with Crippen molar-refractivity contribution in [2.45, 2.75) is 31.3 Å². The van der Waals surface area contributed by atoms with E-state index in [0.29, 0.717) is 12.8 Å². The highest BCUT2D eigenvalue weighted by molar-refractivity contribution is 4.72. The fourth-order valence-electron chi connectivity index (χ4n) is 1.19. The van der Waals surface area contributed by atoms with Crippen molar-refractivity contribution in [2.75, 3.05) is 13.7 Å². The Morgan fingerprint density at radius 1 is 1.55 bits per heavy atom. The van der Waals surface area contributed by atoms with Crippen LogP contribution in [0.15, 0.2) is 0 Å². The maximum atomic E-state index is 9.25. The van der Waals surface area contributed by atoms with Gasteiger partial charge in [-0.05, 0) is 12.8 Å². The molecule has 1 rings (SSSR count). The first-order valence-corrected chi connectivity index (χ1v) is 3.75. The molecule has 1 saturated heterocycles. The second kappa shape index (κ2) is 4.01. The molecule has 0 amide bonds. The molecule has 1 aliphatic rings. The lowest BCUT2D eigenvalue weighted by atomic mass is 10.1. The van der Waals surface area contributed by atoms with Crippen molar-refractivity contribution in [3.63, 3.8) is 0 Å². The van der Waals surface area contributed by atoms with Gasteiger partial charge in [0.05, 0.1) is 12.7 Å². The van der Waals surface area contributed by atoms with E-state index in [2.05, 4.69) is 0 Å². The number of rotatable bonds is 2. The smallest absolute Gasteiger partial charge is 0.183 e. The summed E-state index contributed by atoms with van der Waals surface area (Å²) in [6, 6.07) is 0.